The van der Waals surface area contributed by atoms with Crippen LogP contribution in [0.4, 0.5) is 17.6 Å². The first kappa shape index (κ1) is 26.5. The van der Waals surface area contributed by atoms with Crippen LogP contribution in [0.1, 0.15) is 69.4 Å². The van der Waals surface area contributed by atoms with Crippen molar-refractivity contribution < 1.29 is 22.4 Å². The lowest BCUT2D eigenvalue weighted by Crippen LogP contribution is -2.34. The Balaban J connectivity index is 1.81. The smallest absolute Gasteiger partial charge is 0.350 e. The van der Waals surface area contributed by atoms with E-state index in [-0.39, 0.29) is 34.0 Å². The summed E-state index contributed by atoms with van der Waals surface area (Å²) in [7, 11) is 0. The number of hydrogen-bond acceptors (Lipinski definition) is 2. The topological polar surface area (TPSA) is 46.9 Å². The molecule has 0 radical (unpaired) electrons. The number of carbonyl (C=O) groups is 1. The zero-order valence-corrected chi connectivity index (χ0v) is 20.8. The zero-order valence-electron chi connectivity index (χ0n) is 20.0. The fraction of sp³-hybridized carbons (Fsp3) is 0.600. The molecule has 1 aromatic carbocycles. The molecule has 34 heavy (non-hydrogen) atoms. The van der Waals surface area contributed by atoms with Gasteiger partial charge < -0.3 is 5.32 Å². The predicted molar refractivity (Wildman–Crippen MR) is 125 cm³/mol. The third-order valence-corrected chi connectivity index (χ3v) is 7.16. The summed E-state index contributed by atoms with van der Waals surface area (Å²) in [5, 5.41) is 7.22. The molecule has 1 saturated carbocycles. The summed E-state index contributed by atoms with van der Waals surface area (Å²) >= 11 is 6.50. The van der Waals surface area contributed by atoms with Gasteiger partial charge >= 0.3 is 6.18 Å². The first-order valence-electron chi connectivity index (χ1n) is 11.7. The van der Waals surface area contributed by atoms with Gasteiger partial charge in [-0.2, -0.15) is 18.3 Å². The van der Waals surface area contributed by atoms with E-state index in [2.05, 4.69) is 17.3 Å². The van der Waals surface area contributed by atoms with Crippen LogP contribution < -0.4 is 5.32 Å². The third kappa shape index (κ3) is 5.75. The summed E-state index contributed by atoms with van der Waals surface area (Å²) in [6.45, 7) is 7.06. The minimum absolute atomic E-state index is 0.0179. The van der Waals surface area contributed by atoms with Crippen LogP contribution in [0.2, 0.25) is 5.02 Å². The Morgan fingerprint density at radius 1 is 1.21 bits per heavy atom. The SMILES string of the molecule is CCn1nc(C(=O)NCC2CCC(C)CC2)c(Cl)c1-c1ccc(CC(C)(C)C(F)(F)F)cc1F. The van der Waals surface area contributed by atoms with E-state index in [1.165, 1.54) is 16.8 Å². The second-order valence-electron chi connectivity index (χ2n) is 10.0. The fourth-order valence-electron chi connectivity index (χ4n) is 4.40. The first-order chi connectivity index (χ1) is 15.8. The van der Waals surface area contributed by atoms with Gasteiger partial charge in [0, 0.05) is 18.7 Å². The second kappa shape index (κ2) is 10.3. The maximum absolute atomic E-state index is 15.1. The Bertz CT molecular complexity index is 1020. The first-order valence-corrected chi connectivity index (χ1v) is 12.1. The lowest BCUT2D eigenvalue weighted by Gasteiger charge is -2.27. The van der Waals surface area contributed by atoms with E-state index >= 15 is 4.39 Å². The molecule has 0 aliphatic heterocycles. The molecule has 0 unspecified atom stereocenters. The maximum Gasteiger partial charge on any atom is 0.394 e. The van der Waals surface area contributed by atoms with E-state index in [0.29, 0.717) is 24.9 Å². The van der Waals surface area contributed by atoms with E-state index in [1.807, 2.05) is 0 Å². The molecule has 1 aliphatic rings. The molecule has 1 N–H and O–H groups in total. The van der Waals surface area contributed by atoms with Gasteiger partial charge in [-0.1, -0.05) is 51.3 Å². The van der Waals surface area contributed by atoms with Crippen LogP contribution in [-0.2, 0) is 13.0 Å². The van der Waals surface area contributed by atoms with Crippen molar-refractivity contribution >= 4 is 17.5 Å². The van der Waals surface area contributed by atoms with Crippen LogP contribution in [0.5, 0.6) is 0 Å². The van der Waals surface area contributed by atoms with Crippen molar-refractivity contribution in [2.45, 2.75) is 72.5 Å². The molecule has 0 spiro atoms. The monoisotopic (exact) mass is 501 g/mol. The molecule has 4 nitrogen and oxygen atoms in total. The van der Waals surface area contributed by atoms with Crippen molar-refractivity contribution in [3.8, 4) is 11.3 Å². The van der Waals surface area contributed by atoms with Gasteiger partial charge in [0.15, 0.2) is 5.69 Å². The molecule has 0 bridgehead atoms. The molecule has 1 aliphatic carbocycles. The fourth-order valence-corrected chi connectivity index (χ4v) is 4.72. The molecule has 1 aromatic heterocycles. The van der Waals surface area contributed by atoms with Crippen molar-refractivity contribution in [3.63, 3.8) is 0 Å². The van der Waals surface area contributed by atoms with Crippen LogP contribution >= 0.6 is 11.6 Å². The molecular weight excluding hydrogens is 470 g/mol. The van der Waals surface area contributed by atoms with Gasteiger partial charge in [0.2, 0.25) is 0 Å². The molecule has 3 rings (SSSR count). The number of alkyl halides is 3. The molecule has 188 valence electrons. The van der Waals surface area contributed by atoms with Crippen LogP contribution in [0, 0.1) is 23.1 Å². The highest BCUT2D eigenvalue weighted by molar-refractivity contribution is 6.36. The Morgan fingerprint density at radius 2 is 1.85 bits per heavy atom. The summed E-state index contributed by atoms with van der Waals surface area (Å²) in [4.78, 5) is 12.8. The highest BCUT2D eigenvalue weighted by Gasteiger charge is 2.47. The number of nitrogens with zero attached hydrogens (tertiary/aromatic N) is 2. The van der Waals surface area contributed by atoms with Gasteiger partial charge in [-0.3, -0.25) is 9.48 Å². The summed E-state index contributed by atoms with van der Waals surface area (Å²) in [5.41, 5.74) is -1.43. The van der Waals surface area contributed by atoms with Gasteiger partial charge in [0.25, 0.3) is 5.91 Å². The van der Waals surface area contributed by atoms with Gasteiger partial charge in [-0.05, 0) is 55.7 Å². The second-order valence-corrected chi connectivity index (χ2v) is 10.4. The molecule has 0 atom stereocenters. The van der Waals surface area contributed by atoms with Gasteiger partial charge in [-0.25, -0.2) is 4.39 Å². The minimum Gasteiger partial charge on any atom is -0.350 e. The minimum atomic E-state index is -4.41. The molecule has 1 amide bonds. The molecule has 0 saturated heterocycles. The summed E-state index contributed by atoms with van der Waals surface area (Å²) < 4.78 is 56.2. The van der Waals surface area contributed by atoms with Crippen LogP contribution in [0.3, 0.4) is 0 Å². The van der Waals surface area contributed by atoms with Crippen molar-refractivity contribution in [2.24, 2.45) is 17.3 Å². The van der Waals surface area contributed by atoms with Crippen LogP contribution in [0.25, 0.3) is 11.3 Å². The van der Waals surface area contributed by atoms with E-state index < -0.39 is 23.3 Å². The molecule has 2 aromatic rings. The van der Waals surface area contributed by atoms with E-state index in [4.69, 9.17) is 11.6 Å². The van der Waals surface area contributed by atoms with Gasteiger partial charge in [0.1, 0.15) is 5.82 Å². The quantitative estimate of drug-likeness (QED) is 0.413. The summed E-state index contributed by atoms with van der Waals surface area (Å²) in [6.07, 6.45) is -0.359. The zero-order chi connectivity index (χ0) is 25.3. The molecule has 9 heteroatoms. The van der Waals surface area contributed by atoms with Crippen molar-refractivity contribution in [3.05, 3.63) is 40.3 Å². The van der Waals surface area contributed by atoms with E-state index in [9.17, 15) is 18.0 Å². The van der Waals surface area contributed by atoms with E-state index in [1.54, 1.807) is 6.92 Å². The van der Waals surface area contributed by atoms with Crippen molar-refractivity contribution in [1.82, 2.24) is 15.1 Å². The van der Waals surface area contributed by atoms with Crippen LogP contribution in [0.15, 0.2) is 18.2 Å². The Labute approximate surface area is 203 Å². The standard InChI is InChI=1S/C25H32ClF4N3O/c1-5-33-22(18-11-10-17(12-19(18)27)13-24(3,4)25(28,29)30)20(26)21(32-33)23(34)31-14-16-8-6-15(2)7-9-16/h10-12,15-16H,5-9,13-14H2,1-4H3,(H,31,34). The molecule has 1 fully saturated rings. The van der Waals surface area contributed by atoms with Gasteiger partial charge in [0.05, 0.1) is 16.1 Å². The third-order valence-electron chi connectivity index (χ3n) is 6.80. The average molecular weight is 502 g/mol. The number of aromatic nitrogens is 2. The number of amides is 1. The Kier molecular flexibility index (Phi) is 8.00. The number of carbonyl (C=O) groups excluding carboxylic acids is 1. The number of aryl methyl sites for hydroxylation is 1. The van der Waals surface area contributed by atoms with E-state index in [0.717, 1.165) is 45.6 Å². The van der Waals surface area contributed by atoms with Crippen LogP contribution in [-0.4, -0.2) is 28.4 Å². The van der Waals surface area contributed by atoms with Gasteiger partial charge in [-0.15, -0.1) is 0 Å². The Morgan fingerprint density at radius 3 is 2.41 bits per heavy atom. The highest BCUT2D eigenvalue weighted by Crippen LogP contribution is 2.41. The molecular formula is C25H32ClF4N3O. The lowest BCUT2D eigenvalue weighted by atomic mass is 9.83. The number of nitrogens with one attached hydrogen (secondary N) is 1. The normalized spacial score (nSPS) is 19.3. The number of rotatable bonds is 7. The summed E-state index contributed by atoms with van der Waals surface area (Å²) in [6, 6.07) is 3.95. The Hall–Kier alpha value is -2.09. The lowest BCUT2D eigenvalue weighted by molar-refractivity contribution is -0.211. The number of hydrogen-bond donors (Lipinski definition) is 1. The summed E-state index contributed by atoms with van der Waals surface area (Å²) in [5.74, 6) is -0.00101. The average Bonchev–Trinajstić information content (AvgIpc) is 3.08. The number of halogens is 5. The largest absolute Gasteiger partial charge is 0.394 e. The maximum atomic E-state index is 15.1. The molecule has 1 heterocycles. The predicted octanol–water partition coefficient (Wildman–Crippen LogP) is 7.05. The van der Waals surface area contributed by atoms with Crippen molar-refractivity contribution in [2.75, 3.05) is 6.54 Å². The highest BCUT2D eigenvalue weighted by atomic mass is 35.5. The number of benzene rings is 1. The van der Waals surface area contributed by atoms with Crippen molar-refractivity contribution in [1.29, 1.82) is 0 Å².